The lowest BCUT2D eigenvalue weighted by atomic mass is 10.1. The number of pyridine rings is 2. The lowest BCUT2D eigenvalue weighted by Crippen LogP contribution is -2.34. The van der Waals surface area contributed by atoms with Crippen molar-refractivity contribution in [3.8, 4) is 0 Å². The molecule has 0 aliphatic rings. The number of nitrogens with zero attached hydrogens (tertiary/aromatic N) is 5. The molecule has 4 rings (SSSR count). The quantitative estimate of drug-likeness (QED) is 0.463. The summed E-state index contributed by atoms with van der Waals surface area (Å²) in [5.41, 5.74) is 8.62. The number of hydrogen-bond acceptors (Lipinski definition) is 7. The number of carbonyl (C=O) groups excluding carboxylic acids is 1. The van der Waals surface area contributed by atoms with Crippen LogP contribution in [0.4, 0.5) is 16.0 Å². The number of rotatable bonds is 6. The van der Waals surface area contributed by atoms with Crippen LogP contribution in [0.15, 0.2) is 54.7 Å². The Morgan fingerprint density at radius 3 is 2.70 bits per heavy atom. The summed E-state index contributed by atoms with van der Waals surface area (Å²) >= 11 is 0. The van der Waals surface area contributed by atoms with E-state index in [1.165, 1.54) is 23.2 Å². The van der Waals surface area contributed by atoms with Crippen molar-refractivity contribution in [2.75, 3.05) is 18.1 Å². The number of nitrogens with one attached hydrogen (secondary N) is 1. The molecule has 1 aromatic carbocycles. The van der Waals surface area contributed by atoms with Crippen molar-refractivity contribution < 1.29 is 9.18 Å². The van der Waals surface area contributed by atoms with Gasteiger partial charge < -0.3 is 16.0 Å². The second-order valence-corrected chi connectivity index (χ2v) is 7.74. The molecule has 4 aromatic rings. The Morgan fingerprint density at radius 2 is 2.00 bits per heavy atom. The first-order valence-electron chi connectivity index (χ1n) is 10.5. The Kier molecular flexibility index (Phi) is 6.12. The summed E-state index contributed by atoms with van der Waals surface area (Å²) in [7, 11) is 1.75. The fourth-order valence-electron chi connectivity index (χ4n) is 3.59. The third kappa shape index (κ3) is 4.57. The Labute approximate surface area is 190 Å². The van der Waals surface area contributed by atoms with Gasteiger partial charge in [0.15, 0.2) is 0 Å². The molecule has 3 heterocycles. The molecule has 0 bridgehead atoms. The van der Waals surface area contributed by atoms with Gasteiger partial charge in [-0.25, -0.2) is 9.37 Å². The zero-order chi connectivity index (χ0) is 23.5. The first-order chi connectivity index (χ1) is 15.9. The van der Waals surface area contributed by atoms with Gasteiger partial charge in [0, 0.05) is 24.2 Å². The van der Waals surface area contributed by atoms with Crippen LogP contribution in [0.3, 0.4) is 0 Å². The maximum Gasteiger partial charge on any atom is 0.254 e. The van der Waals surface area contributed by atoms with E-state index in [1.54, 1.807) is 44.3 Å². The van der Waals surface area contributed by atoms with E-state index in [-0.39, 0.29) is 18.1 Å². The molecule has 8 nitrogen and oxygen atoms in total. The predicted molar refractivity (Wildman–Crippen MR) is 125 cm³/mol. The number of fused-ring (bicyclic) bond motifs is 1. The molecule has 1 atom stereocenters. The maximum atomic E-state index is 14.5. The normalized spacial score (nSPS) is 11.9. The molecule has 0 aliphatic carbocycles. The SMILES string of the molecule is CNc1ccc(CN(C(=O)c2ccc3nc(N)c(C)cc3c2)[C@H](C)c2ncccc2F)nn1. The van der Waals surface area contributed by atoms with Crippen molar-refractivity contribution in [2.45, 2.75) is 26.4 Å². The van der Waals surface area contributed by atoms with Crippen LogP contribution in [0, 0.1) is 12.7 Å². The lowest BCUT2D eigenvalue weighted by molar-refractivity contribution is 0.0664. The summed E-state index contributed by atoms with van der Waals surface area (Å²) in [5.74, 6) is 0.291. The second-order valence-electron chi connectivity index (χ2n) is 7.74. The van der Waals surface area contributed by atoms with Gasteiger partial charge in [-0.2, -0.15) is 5.10 Å². The van der Waals surface area contributed by atoms with Crippen LogP contribution in [0.1, 0.15) is 40.3 Å². The van der Waals surface area contributed by atoms with E-state index < -0.39 is 11.9 Å². The number of carbonyl (C=O) groups is 1. The van der Waals surface area contributed by atoms with Crippen molar-refractivity contribution in [1.82, 2.24) is 25.1 Å². The number of benzene rings is 1. The standard InChI is InChI=1S/C24H24FN7O/c1-14-11-17-12-16(6-8-20(17)29-23(14)26)24(33)32(13-18-7-9-21(27-3)31-30-18)15(2)22-19(25)5-4-10-28-22/h4-12,15H,13H2,1-3H3,(H2,26,29)(H,27,31)/t15-/m1/s1. The number of nitrogens with two attached hydrogens (primary N) is 1. The monoisotopic (exact) mass is 445 g/mol. The fraction of sp³-hybridized carbons (Fsp3) is 0.208. The molecule has 0 fully saturated rings. The minimum Gasteiger partial charge on any atom is -0.383 e. The van der Waals surface area contributed by atoms with Gasteiger partial charge in [0.25, 0.3) is 5.91 Å². The Hall–Kier alpha value is -4.14. The number of nitrogen functional groups attached to an aromatic ring is 1. The third-order valence-electron chi connectivity index (χ3n) is 5.51. The molecule has 0 saturated carbocycles. The molecule has 168 valence electrons. The zero-order valence-electron chi connectivity index (χ0n) is 18.6. The molecule has 0 unspecified atom stereocenters. The summed E-state index contributed by atoms with van der Waals surface area (Å²) in [5, 5.41) is 12.0. The molecule has 3 N–H and O–H groups in total. The molecule has 9 heteroatoms. The van der Waals surface area contributed by atoms with Gasteiger partial charge in [-0.3, -0.25) is 9.78 Å². The van der Waals surface area contributed by atoms with Gasteiger partial charge in [-0.1, -0.05) is 0 Å². The zero-order valence-corrected chi connectivity index (χ0v) is 18.6. The minimum absolute atomic E-state index is 0.129. The van der Waals surface area contributed by atoms with Gasteiger partial charge in [0.1, 0.15) is 17.5 Å². The fourth-order valence-corrected chi connectivity index (χ4v) is 3.59. The van der Waals surface area contributed by atoms with Crippen LogP contribution in [0.2, 0.25) is 0 Å². The number of anilines is 2. The third-order valence-corrected chi connectivity index (χ3v) is 5.51. The van der Waals surface area contributed by atoms with Gasteiger partial charge >= 0.3 is 0 Å². The van der Waals surface area contributed by atoms with Crippen LogP contribution in [0.5, 0.6) is 0 Å². The molecular formula is C24H24FN7O. The highest BCUT2D eigenvalue weighted by Gasteiger charge is 2.27. The van der Waals surface area contributed by atoms with E-state index in [1.807, 2.05) is 13.0 Å². The smallest absolute Gasteiger partial charge is 0.254 e. The summed E-state index contributed by atoms with van der Waals surface area (Å²) in [6.45, 7) is 3.73. The van der Waals surface area contributed by atoms with Gasteiger partial charge in [0.05, 0.1) is 29.5 Å². The van der Waals surface area contributed by atoms with Crippen LogP contribution >= 0.6 is 0 Å². The van der Waals surface area contributed by atoms with Crippen molar-refractivity contribution in [3.63, 3.8) is 0 Å². The molecule has 0 aliphatic heterocycles. The highest BCUT2D eigenvalue weighted by Crippen LogP contribution is 2.26. The number of amides is 1. The minimum atomic E-state index is -0.647. The van der Waals surface area contributed by atoms with Crippen LogP contribution < -0.4 is 11.1 Å². The van der Waals surface area contributed by atoms with E-state index >= 15 is 0 Å². The van der Waals surface area contributed by atoms with E-state index in [0.717, 1.165) is 10.9 Å². The number of hydrogen-bond donors (Lipinski definition) is 2. The Balaban J connectivity index is 1.74. The summed E-state index contributed by atoms with van der Waals surface area (Å²) in [4.78, 5) is 23.7. The lowest BCUT2D eigenvalue weighted by Gasteiger charge is -2.29. The average Bonchev–Trinajstić information content (AvgIpc) is 2.83. The molecule has 3 aromatic heterocycles. The summed E-state index contributed by atoms with van der Waals surface area (Å²) in [6.07, 6.45) is 1.51. The van der Waals surface area contributed by atoms with Crippen molar-refractivity contribution >= 4 is 28.4 Å². The van der Waals surface area contributed by atoms with Crippen LogP contribution in [-0.2, 0) is 6.54 Å². The second kappa shape index (κ2) is 9.15. The largest absolute Gasteiger partial charge is 0.383 e. The van der Waals surface area contributed by atoms with Crippen LogP contribution in [-0.4, -0.2) is 38.0 Å². The van der Waals surface area contributed by atoms with Crippen molar-refractivity contribution in [1.29, 1.82) is 0 Å². The maximum absolute atomic E-state index is 14.5. The number of aryl methyl sites for hydroxylation is 1. The summed E-state index contributed by atoms with van der Waals surface area (Å²) < 4.78 is 14.5. The van der Waals surface area contributed by atoms with Crippen molar-refractivity contribution in [2.24, 2.45) is 0 Å². The molecule has 0 radical (unpaired) electrons. The molecular weight excluding hydrogens is 421 g/mol. The van der Waals surface area contributed by atoms with Gasteiger partial charge in [-0.15, -0.1) is 5.10 Å². The van der Waals surface area contributed by atoms with Crippen molar-refractivity contribution in [3.05, 3.63) is 83.1 Å². The first-order valence-corrected chi connectivity index (χ1v) is 10.5. The highest BCUT2D eigenvalue weighted by molar-refractivity contribution is 5.98. The van der Waals surface area contributed by atoms with E-state index in [9.17, 15) is 9.18 Å². The molecule has 1 amide bonds. The van der Waals surface area contributed by atoms with E-state index in [4.69, 9.17) is 5.73 Å². The highest BCUT2D eigenvalue weighted by atomic mass is 19.1. The van der Waals surface area contributed by atoms with Crippen LogP contribution in [0.25, 0.3) is 10.9 Å². The van der Waals surface area contributed by atoms with Gasteiger partial charge in [-0.05, 0) is 67.9 Å². The topological polar surface area (TPSA) is 110 Å². The Morgan fingerprint density at radius 1 is 1.18 bits per heavy atom. The van der Waals surface area contributed by atoms with E-state index in [2.05, 4.69) is 25.5 Å². The molecule has 0 spiro atoms. The number of halogens is 1. The molecule has 33 heavy (non-hydrogen) atoms. The Bertz CT molecular complexity index is 1310. The summed E-state index contributed by atoms with van der Waals surface area (Å²) in [6, 6.07) is 12.8. The molecule has 0 saturated heterocycles. The van der Waals surface area contributed by atoms with E-state index in [0.29, 0.717) is 28.4 Å². The van der Waals surface area contributed by atoms with Gasteiger partial charge in [0.2, 0.25) is 0 Å². The number of aromatic nitrogens is 4. The predicted octanol–water partition coefficient (Wildman–Crippen LogP) is 3.89. The average molecular weight is 446 g/mol. The first kappa shape index (κ1) is 22.1.